The molecule has 1 aromatic rings. The van der Waals surface area contributed by atoms with E-state index in [0.29, 0.717) is 12.2 Å². The van der Waals surface area contributed by atoms with Crippen molar-refractivity contribution in [1.82, 2.24) is 9.29 Å². The molecule has 1 unspecified atom stereocenters. The SMILES string of the molecule is CCC(C)N(CC)S(=O)(=O)c1cccnc1CN. The molecule has 2 N–H and O–H groups in total. The minimum absolute atomic E-state index is 0.0363. The summed E-state index contributed by atoms with van der Waals surface area (Å²) in [4.78, 5) is 4.25. The molecule has 0 saturated carbocycles. The van der Waals surface area contributed by atoms with Gasteiger partial charge in [0, 0.05) is 25.3 Å². The summed E-state index contributed by atoms with van der Waals surface area (Å²) in [6.45, 7) is 6.27. The van der Waals surface area contributed by atoms with E-state index >= 15 is 0 Å². The molecule has 0 radical (unpaired) electrons. The first kappa shape index (κ1) is 15.1. The molecule has 1 heterocycles. The van der Waals surface area contributed by atoms with Gasteiger partial charge in [-0.25, -0.2) is 8.42 Å². The number of pyridine rings is 1. The lowest BCUT2D eigenvalue weighted by molar-refractivity contribution is 0.342. The smallest absolute Gasteiger partial charge is 0.245 e. The molecule has 6 heteroatoms. The number of aromatic nitrogens is 1. The number of nitrogens with zero attached hydrogens (tertiary/aromatic N) is 2. The largest absolute Gasteiger partial charge is 0.325 e. The quantitative estimate of drug-likeness (QED) is 0.847. The molecule has 18 heavy (non-hydrogen) atoms. The number of hydrogen-bond acceptors (Lipinski definition) is 4. The Hall–Kier alpha value is -0.980. The van der Waals surface area contributed by atoms with E-state index in [-0.39, 0.29) is 17.5 Å². The Bertz CT molecular complexity index is 488. The van der Waals surface area contributed by atoms with E-state index in [1.165, 1.54) is 4.31 Å². The molecule has 0 aliphatic rings. The molecule has 0 aromatic carbocycles. The first-order chi connectivity index (χ1) is 8.48. The molecule has 0 spiro atoms. The standard InChI is InChI=1S/C12H21N3O2S/c1-4-10(3)15(5-2)18(16,17)12-7-6-8-14-11(12)9-13/h6-8,10H,4-5,9,13H2,1-3H3. The summed E-state index contributed by atoms with van der Waals surface area (Å²) in [5.41, 5.74) is 5.97. The second kappa shape index (κ2) is 6.26. The first-order valence-corrected chi connectivity index (χ1v) is 7.58. The Labute approximate surface area is 109 Å². The third-order valence-electron chi connectivity index (χ3n) is 3.02. The van der Waals surface area contributed by atoms with Crippen molar-refractivity contribution in [1.29, 1.82) is 0 Å². The van der Waals surface area contributed by atoms with Gasteiger partial charge in [0.2, 0.25) is 10.0 Å². The fourth-order valence-corrected chi connectivity index (χ4v) is 3.76. The van der Waals surface area contributed by atoms with Crippen LogP contribution in [0.5, 0.6) is 0 Å². The van der Waals surface area contributed by atoms with Crippen molar-refractivity contribution in [2.45, 2.75) is 44.7 Å². The van der Waals surface area contributed by atoms with Crippen LogP contribution in [-0.4, -0.2) is 30.3 Å². The van der Waals surface area contributed by atoms with E-state index in [4.69, 9.17) is 5.73 Å². The molecule has 1 aromatic heterocycles. The van der Waals surface area contributed by atoms with Gasteiger partial charge in [-0.2, -0.15) is 4.31 Å². The van der Waals surface area contributed by atoms with Crippen molar-refractivity contribution in [2.75, 3.05) is 6.54 Å². The number of sulfonamides is 1. The molecule has 102 valence electrons. The highest BCUT2D eigenvalue weighted by Crippen LogP contribution is 2.21. The minimum atomic E-state index is -3.51. The van der Waals surface area contributed by atoms with Crippen LogP contribution < -0.4 is 5.73 Å². The van der Waals surface area contributed by atoms with Crippen LogP contribution in [-0.2, 0) is 16.6 Å². The molecule has 0 bridgehead atoms. The van der Waals surface area contributed by atoms with Crippen molar-refractivity contribution >= 4 is 10.0 Å². The zero-order chi connectivity index (χ0) is 13.8. The zero-order valence-corrected chi connectivity index (χ0v) is 11.9. The van der Waals surface area contributed by atoms with Gasteiger partial charge in [0.25, 0.3) is 0 Å². The topological polar surface area (TPSA) is 76.3 Å². The fraction of sp³-hybridized carbons (Fsp3) is 0.583. The maximum Gasteiger partial charge on any atom is 0.245 e. The van der Waals surface area contributed by atoms with Gasteiger partial charge in [-0.3, -0.25) is 4.98 Å². The normalized spacial score (nSPS) is 13.8. The highest BCUT2D eigenvalue weighted by atomic mass is 32.2. The van der Waals surface area contributed by atoms with E-state index in [2.05, 4.69) is 4.98 Å². The average Bonchev–Trinajstić information content (AvgIpc) is 2.38. The Morgan fingerprint density at radius 1 is 1.44 bits per heavy atom. The van der Waals surface area contributed by atoms with E-state index < -0.39 is 10.0 Å². The average molecular weight is 271 g/mol. The second-order valence-electron chi connectivity index (χ2n) is 4.12. The molecule has 0 aliphatic heterocycles. The van der Waals surface area contributed by atoms with Crippen LogP contribution in [0, 0.1) is 0 Å². The summed E-state index contributed by atoms with van der Waals surface area (Å²) in [7, 11) is -3.51. The van der Waals surface area contributed by atoms with Crippen LogP contribution in [0.4, 0.5) is 0 Å². The zero-order valence-electron chi connectivity index (χ0n) is 11.1. The molecule has 1 rings (SSSR count). The highest BCUT2D eigenvalue weighted by Gasteiger charge is 2.28. The molecular formula is C12H21N3O2S. The highest BCUT2D eigenvalue weighted by molar-refractivity contribution is 7.89. The van der Waals surface area contributed by atoms with E-state index in [1.54, 1.807) is 18.3 Å². The minimum Gasteiger partial charge on any atom is -0.325 e. The monoisotopic (exact) mass is 271 g/mol. The summed E-state index contributed by atoms with van der Waals surface area (Å²) in [5, 5.41) is 0. The van der Waals surface area contributed by atoms with Crippen molar-refractivity contribution in [3.8, 4) is 0 Å². The third-order valence-corrected chi connectivity index (χ3v) is 5.19. The van der Waals surface area contributed by atoms with Gasteiger partial charge in [0.1, 0.15) is 4.90 Å². The molecule has 0 amide bonds. The van der Waals surface area contributed by atoms with Gasteiger partial charge >= 0.3 is 0 Å². The molecule has 1 atom stereocenters. The molecule has 5 nitrogen and oxygen atoms in total. The maximum atomic E-state index is 12.6. The Balaban J connectivity index is 3.27. The summed E-state index contributed by atoms with van der Waals surface area (Å²) in [6.07, 6.45) is 2.33. The van der Waals surface area contributed by atoms with Gasteiger partial charge < -0.3 is 5.73 Å². The lowest BCUT2D eigenvalue weighted by Gasteiger charge is -2.26. The van der Waals surface area contributed by atoms with E-state index in [9.17, 15) is 8.42 Å². The Morgan fingerprint density at radius 3 is 2.61 bits per heavy atom. The number of nitrogens with two attached hydrogens (primary N) is 1. The summed E-state index contributed by atoms with van der Waals surface area (Å²) >= 11 is 0. The number of hydrogen-bond donors (Lipinski definition) is 1. The Kier molecular flexibility index (Phi) is 5.25. The lowest BCUT2D eigenvalue weighted by Crippen LogP contribution is -2.38. The summed E-state index contributed by atoms with van der Waals surface area (Å²) in [6, 6.07) is 3.15. The van der Waals surface area contributed by atoms with Gasteiger partial charge in [-0.05, 0) is 25.5 Å². The van der Waals surface area contributed by atoms with Crippen LogP contribution in [0.25, 0.3) is 0 Å². The van der Waals surface area contributed by atoms with Crippen molar-refractivity contribution in [3.63, 3.8) is 0 Å². The molecule has 0 saturated heterocycles. The summed E-state index contributed by atoms with van der Waals surface area (Å²) < 4.78 is 26.6. The predicted octanol–water partition coefficient (Wildman–Crippen LogP) is 1.35. The van der Waals surface area contributed by atoms with E-state index in [0.717, 1.165) is 6.42 Å². The predicted molar refractivity (Wildman–Crippen MR) is 71.4 cm³/mol. The number of rotatable bonds is 6. The van der Waals surface area contributed by atoms with Crippen LogP contribution in [0.3, 0.4) is 0 Å². The van der Waals surface area contributed by atoms with Crippen molar-refractivity contribution < 1.29 is 8.42 Å². The van der Waals surface area contributed by atoms with Crippen LogP contribution >= 0.6 is 0 Å². The van der Waals surface area contributed by atoms with Crippen LogP contribution in [0.15, 0.2) is 23.2 Å². The van der Waals surface area contributed by atoms with Gasteiger partial charge in [-0.1, -0.05) is 13.8 Å². The molecule has 0 fully saturated rings. The van der Waals surface area contributed by atoms with Crippen LogP contribution in [0.1, 0.15) is 32.9 Å². The van der Waals surface area contributed by atoms with Crippen LogP contribution in [0.2, 0.25) is 0 Å². The van der Waals surface area contributed by atoms with Crippen molar-refractivity contribution in [3.05, 3.63) is 24.0 Å². The van der Waals surface area contributed by atoms with Gasteiger partial charge in [0.15, 0.2) is 0 Å². The third kappa shape index (κ3) is 2.88. The summed E-state index contributed by atoms with van der Waals surface area (Å²) in [5.74, 6) is 0. The Morgan fingerprint density at radius 2 is 2.11 bits per heavy atom. The second-order valence-corrected chi connectivity index (χ2v) is 5.98. The molecule has 0 aliphatic carbocycles. The maximum absolute atomic E-state index is 12.6. The fourth-order valence-electron chi connectivity index (χ4n) is 1.86. The van der Waals surface area contributed by atoms with Gasteiger partial charge in [-0.15, -0.1) is 0 Å². The first-order valence-electron chi connectivity index (χ1n) is 6.14. The van der Waals surface area contributed by atoms with Gasteiger partial charge in [0.05, 0.1) is 5.69 Å². The van der Waals surface area contributed by atoms with Crippen molar-refractivity contribution in [2.24, 2.45) is 5.73 Å². The van der Waals surface area contributed by atoms with E-state index in [1.807, 2.05) is 20.8 Å². The lowest BCUT2D eigenvalue weighted by atomic mass is 10.3. The molecular weight excluding hydrogens is 250 g/mol.